The first-order chi connectivity index (χ1) is 18.8. The fourth-order valence-corrected chi connectivity index (χ4v) is 3.87. The summed E-state index contributed by atoms with van der Waals surface area (Å²) in [4.78, 5) is 70.7. The van der Waals surface area contributed by atoms with Crippen molar-refractivity contribution in [1.29, 1.82) is 0 Å². The number of ether oxygens (including phenoxy) is 7. The van der Waals surface area contributed by atoms with Crippen LogP contribution in [0.25, 0.3) is 11.0 Å². The first-order valence-corrected chi connectivity index (χ1v) is 11.7. The van der Waals surface area contributed by atoms with Crippen molar-refractivity contribution in [2.24, 2.45) is 0 Å². The minimum Gasteiger partial charge on any atom is -0.504 e. The Morgan fingerprint density at radius 2 is 1.43 bits per heavy atom. The molecular weight excluding hydrogens is 540 g/mol. The molecule has 1 N–H and O–H groups in total. The van der Waals surface area contributed by atoms with Crippen LogP contribution in [0, 0.1) is 0 Å². The molecule has 1 fully saturated rings. The third-order valence-electron chi connectivity index (χ3n) is 5.26. The van der Waals surface area contributed by atoms with Crippen LogP contribution in [0.3, 0.4) is 0 Å². The van der Waals surface area contributed by atoms with E-state index in [1.807, 2.05) is 0 Å². The molecule has 0 saturated carbocycles. The molecule has 1 aliphatic heterocycles. The van der Waals surface area contributed by atoms with Gasteiger partial charge in [0, 0.05) is 40.7 Å². The summed E-state index contributed by atoms with van der Waals surface area (Å²) in [5.74, 6) is -5.39. The lowest BCUT2D eigenvalue weighted by atomic mass is 9.98. The van der Waals surface area contributed by atoms with Gasteiger partial charge in [0.1, 0.15) is 24.0 Å². The maximum Gasteiger partial charge on any atom is 0.383 e. The second-order valence-corrected chi connectivity index (χ2v) is 8.50. The van der Waals surface area contributed by atoms with Crippen LogP contribution in [-0.2, 0) is 47.7 Å². The third-order valence-corrected chi connectivity index (χ3v) is 5.26. The molecule has 40 heavy (non-hydrogen) atoms. The minimum absolute atomic E-state index is 0.00950. The van der Waals surface area contributed by atoms with E-state index in [0.29, 0.717) is 0 Å². The maximum absolute atomic E-state index is 12.2. The van der Waals surface area contributed by atoms with Gasteiger partial charge < -0.3 is 42.7 Å². The van der Waals surface area contributed by atoms with Crippen molar-refractivity contribution < 1.29 is 66.7 Å². The number of aromatic hydroxyl groups is 1. The first kappa shape index (κ1) is 29.9. The molecular formula is C25H26O15. The van der Waals surface area contributed by atoms with Gasteiger partial charge in [-0.3, -0.25) is 24.0 Å². The lowest BCUT2D eigenvalue weighted by Crippen LogP contribution is -2.63. The number of hydrogen-bond donors (Lipinski definition) is 1. The second-order valence-electron chi connectivity index (χ2n) is 8.50. The van der Waals surface area contributed by atoms with Gasteiger partial charge in [-0.2, -0.15) is 0 Å². The summed E-state index contributed by atoms with van der Waals surface area (Å²) in [6.45, 7) is 4.94. The van der Waals surface area contributed by atoms with Gasteiger partial charge in [-0.05, 0) is 12.1 Å². The summed E-state index contributed by atoms with van der Waals surface area (Å²) >= 11 is 0. The highest BCUT2D eigenvalue weighted by atomic mass is 16.7. The molecule has 1 aromatic carbocycles. The van der Waals surface area contributed by atoms with Gasteiger partial charge >= 0.3 is 35.5 Å². The molecule has 0 amide bonds. The van der Waals surface area contributed by atoms with Crippen molar-refractivity contribution in [3.05, 3.63) is 28.6 Å². The molecule has 1 aliphatic rings. The van der Waals surface area contributed by atoms with E-state index in [-0.39, 0.29) is 16.7 Å². The van der Waals surface area contributed by atoms with Crippen LogP contribution in [0.1, 0.15) is 34.6 Å². The van der Waals surface area contributed by atoms with Gasteiger partial charge in [0.05, 0.1) is 5.39 Å². The number of benzene rings is 1. The molecule has 5 atom stereocenters. The second kappa shape index (κ2) is 12.5. The van der Waals surface area contributed by atoms with Gasteiger partial charge in [-0.1, -0.05) is 0 Å². The standard InChI is InChI=1S/C25H26O15/c1-10(26)33-9-18-20(34-11(2)27)22(36-13(4)29)23(37-14(5)30)25(40-18)38-15-6-7-16-17(8-15)39-24(32)21(19(16)31)35-12(3)28/h6-8,18,20,22-23,25,31H,9H2,1-5H3/t18-,20+,22+,23-,25-/m1/s1. The SMILES string of the molecule is CC(=O)OC[C@H]1O[C@@H](Oc2ccc3c(O)c(OC(C)=O)c(=O)oc3c2)[C@H](OC(C)=O)[C@@H](OC(C)=O)[C@H]1OC(C)=O. The van der Waals surface area contributed by atoms with Crippen LogP contribution in [-0.4, -0.2) is 72.3 Å². The van der Waals surface area contributed by atoms with Crippen molar-refractivity contribution in [3.63, 3.8) is 0 Å². The third kappa shape index (κ3) is 7.25. The largest absolute Gasteiger partial charge is 0.504 e. The fourth-order valence-electron chi connectivity index (χ4n) is 3.87. The molecule has 0 spiro atoms. The monoisotopic (exact) mass is 566 g/mol. The van der Waals surface area contributed by atoms with Crippen molar-refractivity contribution in [2.75, 3.05) is 6.61 Å². The maximum atomic E-state index is 12.2. The molecule has 3 rings (SSSR count). The highest BCUT2D eigenvalue weighted by Crippen LogP contribution is 2.35. The van der Waals surface area contributed by atoms with Crippen LogP contribution in [0.2, 0.25) is 0 Å². The molecule has 2 aromatic rings. The Hall–Kier alpha value is -4.66. The Morgan fingerprint density at radius 3 is 2.00 bits per heavy atom. The van der Waals surface area contributed by atoms with Crippen LogP contribution in [0.5, 0.6) is 17.2 Å². The Bertz CT molecular complexity index is 1380. The Kier molecular flexibility index (Phi) is 9.31. The molecule has 216 valence electrons. The van der Waals surface area contributed by atoms with Gasteiger partial charge in [0.15, 0.2) is 18.0 Å². The molecule has 2 heterocycles. The molecule has 1 saturated heterocycles. The van der Waals surface area contributed by atoms with E-state index < -0.39 is 84.3 Å². The van der Waals surface area contributed by atoms with Crippen molar-refractivity contribution in [3.8, 4) is 17.2 Å². The molecule has 1 aromatic heterocycles. The number of carbonyl (C=O) groups excluding carboxylic acids is 5. The number of carbonyl (C=O) groups is 5. The summed E-state index contributed by atoms with van der Waals surface area (Å²) in [6, 6.07) is 3.78. The zero-order valence-corrected chi connectivity index (χ0v) is 22.0. The average Bonchev–Trinajstić information content (AvgIpc) is 2.83. The van der Waals surface area contributed by atoms with Crippen LogP contribution in [0.4, 0.5) is 0 Å². The van der Waals surface area contributed by atoms with E-state index in [0.717, 1.165) is 34.6 Å². The first-order valence-electron chi connectivity index (χ1n) is 11.7. The molecule has 0 aliphatic carbocycles. The van der Waals surface area contributed by atoms with Gasteiger partial charge in [-0.25, -0.2) is 4.79 Å². The molecule has 0 radical (unpaired) electrons. The van der Waals surface area contributed by atoms with Crippen molar-refractivity contribution in [2.45, 2.75) is 65.3 Å². The van der Waals surface area contributed by atoms with Crippen molar-refractivity contribution >= 4 is 40.8 Å². The summed E-state index contributed by atoms with van der Waals surface area (Å²) in [7, 11) is 0. The highest BCUT2D eigenvalue weighted by molar-refractivity contribution is 5.87. The lowest BCUT2D eigenvalue weighted by molar-refractivity contribution is -0.288. The molecule has 0 unspecified atom stereocenters. The Morgan fingerprint density at radius 1 is 0.825 bits per heavy atom. The predicted octanol–water partition coefficient (Wildman–Crippen LogP) is 0.886. The number of fused-ring (bicyclic) bond motifs is 1. The number of rotatable bonds is 8. The van der Waals surface area contributed by atoms with Crippen LogP contribution in [0.15, 0.2) is 27.4 Å². The quantitative estimate of drug-likeness (QED) is 0.268. The normalized spacial score (nSPS) is 22.1. The van der Waals surface area contributed by atoms with E-state index in [1.165, 1.54) is 18.2 Å². The number of hydrogen-bond acceptors (Lipinski definition) is 15. The predicted molar refractivity (Wildman–Crippen MR) is 128 cm³/mol. The zero-order valence-electron chi connectivity index (χ0n) is 22.0. The van der Waals surface area contributed by atoms with Gasteiger partial charge in [0.25, 0.3) is 5.75 Å². The molecule has 15 heteroatoms. The van der Waals surface area contributed by atoms with E-state index in [9.17, 15) is 33.9 Å². The van der Waals surface area contributed by atoms with Crippen LogP contribution < -0.4 is 15.1 Å². The van der Waals surface area contributed by atoms with E-state index in [1.54, 1.807) is 0 Å². The summed E-state index contributed by atoms with van der Waals surface area (Å²) in [6.07, 6.45) is -7.13. The minimum atomic E-state index is -1.54. The van der Waals surface area contributed by atoms with Crippen molar-refractivity contribution in [1.82, 2.24) is 0 Å². The van der Waals surface area contributed by atoms with E-state index >= 15 is 0 Å². The molecule has 15 nitrogen and oxygen atoms in total. The van der Waals surface area contributed by atoms with Gasteiger partial charge in [0.2, 0.25) is 12.4 Å². The summed E-state index contributed by atoms with van der Waals surface area (Å²) in [5, 5.41) is 10.4. The smallest absolute Gasteiger partial charge is 0.383 e. The summed E-state index contributed by atoms with van der Waals surface area (Å²) < 4.78 is 42.5. The molecule has 0 bridgehead atoms. The lowest BCUT2D eigenvalue weighted by Gasteiger charge is -2.43. The van der Waals surface area contributed by atoms with Gasteiger partial charge in [-0.15, -0.1) is 0 Å². The topological polar surface area (TPSA) is 200 Å². The Labute approximate surface area is 225 Å². The van der Waals surface area contributed by atoms with E-state index in [4.69, 9.17) is 37.6 Å². The van der Waals surface area contributed by atoms with E-state index in [2.05, 4.69) is 0 Å². The number of esters is 5. The van der Waals surface area contributed by atoms with Crippen LogP contribution >= 0.6 is 0 Å². The Balaban J connectivity index is 2.04. The fraction of sp³-hybridized carbons (Fsp3) is 0.440. The highest BCUT2D eigenvalue weighted by Gasteiger charge is 2.53. The zero-order chi connectivity index (χ0) is 29.7. The average molecular weight is 566 g/mol. The summed E-state index contributed by atoms with van der Waals surface area (Å²) in [5.41, 5.74) is -1.33.